The molecule has 0 bridgehead atoms. The predicted molar refractivity (Wildman–Crippen MR) is 68.3 cm³/mol. The van der Waals surface area contributed by atoms with E-state index in [0.29, 0.717) is 22.0 Å². The van der Waals surface area contributed by atoms with E-state index >= 15 is 0 Å². The first-order valence-electron chi connectivity index (χ1n) is 5.28. The number of hydrogen-bond acceptors (Lipinski definition) is 2. The van der Waals surface area contributed by atoms with Gasteiger partial charge in [-0.2, -0.15) is 0 Å². The zero-order valence-electron chi connectivity index (χ0n) is 9.17. The molecule has 0 spiro atoms. The molecule has 1 atom stereocenters. The van der Waals surface area contributed by atoms with E-state index in [9.17, 15) is 4.79 Å². The quantitative estimate of drug-likeness (QED) is 0.820. The van der Waals surface area contributed by atoms with Crippen LogP contribution in [0.4, 0.5) is 0 Å². The molecule has 0 amide bonds. The maximum absolute atomic E-state index is 11.8. The van der Waals surface area contributed by atoms with E-state index in [1.807, 2.05) is 6.92 Å². The number of rotatable bonds is 5. The van der Waals surface area contributed by atoms with Crippen molar-refractivity contribution in [3.63, 3.8) is 0 Å². The Morgan fingerprint density at radius 2 is 2.06 bits per heavy atom. The van der Waals surface area contributed by atoms with Gasteiger partial charge in [-0.05, 0) is 24.6 Å². The molecule has 0 fully saturated rings. The molecular weight excluding hydrogens is 245 g/mol. The second-order valence-corrected chi connectivity index (χ2v) is 4.62. The molecule has 88 valence electrons. The number of nitrogens with two attached hydrogens (primary N) is 1. The molecule has 2 nitrogen and oxygen atoms in total. The Kier molecular flexibility index (Phi) is 5.26. The summed E-state index contributed by atoms with van der Waals surface area (Å²) < 4.78 is 0. The molecule has 0 saturated carbocycles. The summed E-state index contributed by atoms with van der Waals surface area (Å²) in [6.07, 6.45) is 2.19. The fourth-order valence-corrected chi connectivity index (χ4v) is 1.80. The Morgan fingerprint density at radius 1 is 1.38 bits per heavy atom. The minimum atomic E-state index is -0.0769. The van der Waals surface area contributed by atoms with E-state index in [0.717, 1.165) is 12.8 Å². The van der Waals surface area contributed by atoms with Gasteiger partial charge in [0.05, 0.1) is 10.0 Å². The molecule has 0 heterocycles. The summed E-state index contributed by atoms with van der Waals surface area (Å²) in [5.74, 6) is 0.0134. The maximum Gasteiger partial charge on any atom is 0.164 e. The van der Waals surface area contributed by atoms with Crippen molar-refractivity contribution in [3.05, 3.63) is 33.8 Å². The van der Waals surface area contributed by atoms with Crippen LogP contribution >= 0.6 is 23.2 Å². The highest BCUT2D eigenvalue weighted by Crippen LogP contribution is 2.23. The summed E-state index contributed by atoms with van der Waals surface area (Å²) in [5, 5.41) is 0.854. The molecule has 0 radical (unpaired) electrons. The van der Waals surface area contributed by atoms with Crippen molar-refractivity contribution in [3.8, 4) is 0 Å². The highest BCUT2D eigenvalue weighted by atomic mass is 35.5. The van der Waals surface area contributed by atoms with E-state index in [2.05, 4.69) is 0 Å². The Labute approximate surface area is 106 Å². The van der Waals surface area contributed by atoms with E-state index < -0.39 is 0 Å². The van der Waals surface area contributed by atoms with Gasteiger partial charge in [-0.25, -0.2) is 0 Å². The number of halogens is 2. The number of carbonyl (C=O) groups is 1. The van der Waals surface area contributed by atoms with Crippen LogP contribution < -0.4 is 5.73 Å². The molecule has 1 rings (SSSR count). The molecular formula is C12H15Cl2NO. The first-order valence-corrected chi connectivity index (χ1v) is 6.04. The van der Waals surface area contributed by atoms with Crippen molar-refractivity contribution < 1.29 is 4.79 Å². The van der Waals surface area contributed by atoms with Crippen molar-refractivity contribution >= 4 is 29.0 Å². The van der Waals surface area contributed by atoms with Crippen molar-refractivity contribution in [2.24, 2.45) is 5.73 Å². The normalized spacial score (nSPS) is 12.5. The van der Waals surface area contributed by atoms with Gasteiger partial charge in [0.1, 0.15) is 0 Å². The molecule has 0 aromatic heterocycles. The topological polar surface area (TPSA) is 43.1 Å². The number of Topliss-reactive ketones (excluding diaryl/α,β-unsaturated/α-hetero) is 1. The summed E-state index contributed by atoms with van der Waals surface area (Å²) in [6.45, 7) is 2.05. The third-order valence-corrected chi connectivity index (χ3v) is 3.09. The highest BCUT2D eigenvalue weighted by Gasteiger charge is 2.12. The zero-order chi connectivity index (χ0) is 12.1. The van der Waals surface area contributed by atoms with Crippen molar-refractivity contribution in [2.45, 2.75) is 32.2 Å². The van der Waals surface area contributed by atoms with Crippen molar-refractivity contribution in [1.29, 1.82) is 0 Å². The summed E-state index contributed by atoms with van der Waals surface area (Å²) in [4.78, 5) is 11.8. The summed E-state index contributed by atoms with van der Waals surface area (Å²) >= 11 is 11.6. The molecule has 16 heavy (non-hydrogen) atoms. The third-order valence-electron chi connectivity index (χ3n) is 2.35. The second kappa shape index (κ2) is 6.24. The van der Waals surface area contributed by atoms with E-state index in [1.54, 1.807) is 18.2 Å². The number of benzene rings is 1. The average Bonchev–Trinajstić information content (AvgIpc) is 2.22. The lowest BCUT2D eigenvalue weighted by Gasteiger charge is -2.09. The van der Waals surface area contributed by atoms with Crippen LogP contribution in [0.3, 0.4) is 0 Å². The van der Waals surface area contributed by atoms with Gasteiger partial charge in [0.15, 0.2) is 5.78 Å². The van der Waals surface area contributed by atoms with Crippen LogP contribution in [0.1, 0.15) is 36.5 Å². The van der Waals surface area contributed by atoms with Crippen LogP contribution in [0.25, 0.3) is 0 Å². The molecule has 1 unspecified atom stereocenters. The first kappa shape index (κ1) is 13.5. The summed E-state index contributed by atoms with van der Waals surface area (Å²) in [7, 11) is 0. The van der Waals surface area contributed by atoms with E-state index in [4.69, 9.17) is 28.9 Å². The Bertz CT molecular complexity index is 379. The fourth-order valence-electron chi connectivity index (χ4n) is 1.50. The second-order valence-electron chi connectivity index (χ2n) is 3.80. The molecule has 1 aromatic carbocycles. The van der Waals surface area contributed by atoms with Gasteiger partial charge in [0.25, 0.3) is 0 Å². The summed E-state index contributed by atoms with van der Waals surface area (Å²) in [5.41, 5.74) is 6.38. The van der Waals surface area contributed by atoms with Crippen molar-refractivity contribution in [1.82, 2.24) is 0 Å². The lowest BCUT2D eigenvalue weighted by molar-refractivity contribution is 0.0973. The summed E-state index contributed by atoms with van der Waals surface area (Å²) in [6, 6.07) is 4.81. The monoisotopic (exact) mass is 259 g/mol. The van der Waals surface area contributed by atoms with Crippen LogP contribution in [0.5, 0.6) is 0 Å². The van der Waals surface area contributed by atoms with Gasteiger partial charge in [0, 0.05) is 18.0 Å². The van der Waals surface area contributed by atoms with Gasteiger partial charge in [-0.3, -0.25) is 4.79 Å². The smallest absolute Gasteiger partial charge is 0.164 e. The first-order chi connectivity index (χ1) is 7.54. The molecule has 4 heteroatoms. The highest BCUT2D eigenvalue weighted by molar-refractivity contribution is 6.42. The molecule has 0 aliphatic heterocycles. The minimum absolute atomic E-state index is 0.0134. The zero-order valence-corrected chi connectivity index (χ0v) is 10.7. The van der Waals surface area contributed by atoms with Crippen LogP contribution in [-0.4, -0.2) is 11.8 Å². The largest absolute Gasteiger partial charge is 0.327 e. The van der Waals surface area contributed by atoms with E-state index in [-0.39, 0.29) is 11.8 Å². The maximum atomic E-state index is 11.8. The van der Waals surface area contributed by atoms with Crippen LogP contribution in [0, 0.1) is 0 Å². The minimum Gasteiger partial charge on any atom is -0.327 e. The van der Waals surface area contributed by atoms with Gasteiger partial charge in [0.2, 0.25) is 0 Å². The van der Waals surface area contributed by atoms with Gasteiger partial charge >= 0.3 is 0 Å². The van der Waals surface area contributed by atoms with Crippen LogP contribution in [-0.2, 0) is 0 Å². The van der Waals surface area contributed by atoms with Gasteiger partial charge < -0.3 is 5.73 Å². The Morgan fingerprint density at radius 3 is 2.62 bits per heavy atom. The lowest BCUT2D eigenvalue weighted by Crippen LogP contribution is -2.23. The third kappa shape index (κ3) is 3.78. The molecule has 1 aromatic rings. The SMILES string of the molecule is CCCC(N)CC(=O)c1ccc(Cl)c(Cl)c1. The predicted octanol–water partition coefficient (Wildman–Crippen LogP) is 3.69. The standard InChI is InChI=1S/C12H15Cl2NO/c1-2-3-9(15)7-12(16)8-4-5-10(13)11(14)6-8/h4-6,9H,2-3,7,15H2,1H3. The Balaban J connectivity index is 2.69. The Hall–Kier alpha value is -0.570. The van der Waals surface area contributed by atoms with Crippen LogP contribution in [0.2, 0.25) is 10.0 Å². The van der Waals surface area contributed by atoms with Crippen molar-refractivity contribution in [2.75, 3.05) is 0 Å². The fraction of sp³-hybridized carbons (Fsp3) is 0.417. The molecule has 0 aliphatic carbocycles. The number of carbonyl (C=O) groups excluding carboxylic acids is 1. The van der Waals surface area contributed by atoms with Gasteiger partial charge in [-0.15, -0.1) is 0 Å². The number of ketones is 1. The van der Waals surface area contributed by atoms with E-state index in [1.165, 1.54) is 0 Å². The number of hydrogen-bond donors (Lipinski definition) is 1. The van der Waals surface area contributed by atoms with Crippen LogP contribution in [0.15, 0.2) is 18.2 Å². The molecule has 0 aliphatic rings. The average molecular weight is 260 g/mol. The molecule has 0 saturated heterocycles. The molecule has 2 N–H and O–H groups in total. The lowest BCUT2D eigenvalue weighted by atomic mass is 10.0. The van der Waals surface area contributed by atoms with Gasteiger partial charge in [-0.1, -0.05) is 36.5 Å².